The lowest BCUT2D eigenvalue weighted by molar-refractivity contribution is -0.138. The minimum absolute atomic E-state index is 0. The topological polar surface area (TPSA) is 199 Å². The first-order chi connectivity index (χ1) is 47.0. The number of aromatic amines is 1. The number of aliphatic hydroxyl groups is 3. The Morgan fingerprint density at radius 1 is 0.520 bits per heavy atom. The Kier molecular flexibility index (Phi) is 29.1. The second-order valence-corrected chi connectivity index (χ2v) is 23.5. The van der Waals surface area contributed by atoms with Crippen LogP contribution in [0.15, 0.2) is 128 Å². The van der Waals surface area contributed by atoms with Crippen LogP contribution in [0.1, 0.15) is 105 Å². The maximum absolute atomic E-state index is 13.2. The van der Waals surface area contributed by atoms with Gasteiger partial charge in [-0.2, -0.15) is 65.9 Å². The number of imidazole rings is 3. The van der Waals surface area contributed by atoms with Crippen LogP contribution in [-0.2, 0) is 82.4 Å². The average Bonchev–Trinajstić information content (AvgIpc) is 1.60. The Labute approximate surface area is 583 Å². The van der Waals surface area contributed by atoms with Gasteiger partial charge in [-0.05, 0) is 93.1 Å². The number of Topliss-reactive ketones (excluding diaryl/α,β-unsaturated/α-hetero) is 3. The number of hydrogen-bond acceptors (Lipinski definition) is 10. The number of alkyl halides is 16. The van der Waals surface area contributed by atoms with Gasteiger partial charge in [-0.1, -0.05) is 116 Å². The molecular weight excluding hydrogens is 1440 g/mol. The van der Waals surface area contributed by atoms with Crippen molar-refractivity contribution in [2.75, 3.05) is 18.5 Å². The summed E-state index contributed by atoms with van der Waals surface area (Å²) < 4.78 is 201. The van der Waals surface area contributed by atoms with E-state index in [2.05, 4.69) is 50.4 Å². The van der Waals surface area contributed by atoms with Crippen molar-refractivity contribution >= 4 is 83.4 Å². The standard InChI is InChI=1S/C21H15F6N3O2.C21H18F3N3O2.C13H11BrF3NO2.C8H5F3N2.C4H8O.C2H6.CH4/c1-19(32,10-30-11-29-18-13(20(22,23)24)4-3-5-16(18)30)17(31)9-12-6-7-15(28-2)14(8-12)21(25,26)27;1-13-5-4-6-17-19(13)27(12-26-17)11-20(2,29)18(28)10-14-7-8-16(25-3)15(9-14)21(22,23)24;1-12(20,7-14)11(19)6-8-3-4-10(18-2)9(5-8)13(15,16)17;9-8(10,11)5-2-1-3-6-7(5)13-4-12-6;1-2-4-5-3-1;1-2;/h3-8,11,32H,9-10H2,1H3;4-9,12,29H,10-11H2,1-2H3;3-5,20H,6-7H2,1H3;1-4H,(H,12,13);1-4H2;1-2H3;1H4/t19-;20-;12-;;;;/m000..../s1. The number of rotatable bonds is 14. The van der Waals surface area contributed by atoms with Crippen LogP contribution in [0, 0.1) is 26.6 Å². The predicted octanol–water partition coefficient (Wildman–Crippen LogP) is 18.2. The highest BCUT2D eigenvalue weighted by Crippen LogP contribution is 2.41. The molecule has 16 nitrogen and oxygen atoms in total. The van der Waals surface area contributed by atoms with E-state index >= 15 is 0 Å². The average molecular weight is 1510 g/mol. The summed E-state index contributed by atoms with van der Waals surface area (Å²) in [6.45, 7) is 31.5. The number of halogens is 16. The third-order valence-electron chi connectivity index (χ3n) is 15.0. The molecule has 4 N–H and O–H groups in total. The van der Waals surface area contributed by atoms with Gasteiger partial charge in [0.25, 0.3) is 0 Å². The van der Waals surface area contributed by atoms with Gasteiger partial charge in [0.05, 0.1) is 102 Å². The van der Waals surface area contributed by atoms with Gasteiger partial charge in [0, 0.05) is 37.8 Å². The Morgan fingerprint density at radius 2 is 0.902 bits per heavy atom. The lowest BCUT2D eigenvalue weighted by Crippen LogP contribution is -2.40. The quantitative estimate of drug-likeness (QED) is 0.0461. The van der Waals surface area contributed by atoms with Crippen molar-refractivity contribution in [2.45, 2.75) is 142 Å². The molecule has 0 spiro atoms. The molecule has 6 aromatic carbocycles. The van der Waals surface area contributed by atoms with E-state index in [4.69, 9.17) is 24.5 Å². The third-order valence-corrected chi connectivity index (χ3v) is 16.0. The van der Waals surface area contributed by atoms with Crippen LogP contribution >= 0.6 is 15.9 Å². The fourth-order valence-electron chi connectivity index (χ4n) is 9.67. The van der Waals surface area contributed by atoms with Gasteiger partial charge in [-0.3, -0.25) is 14.4 Å². The number of aryl methyl sites for hydroxylation is 1. The van der Waals surface area contributed by atoms with E-state index in [1.807, 2.05) is 39.0 Å². The van der Waals surface area contributed by atoms with Crippen molar-refractivity contribution in [1.82, 2.24) is 29.1 Å². The molecule has 102 heavy (non-hydrogen) atoms. The Morgan fingerprint density at radius 3 is 1.29 bits per heavy atom. The monoisotopic (exact) mass is 1510 g/mol. The van der Waals surface area contributed by atoms with Gasteiger partial charge in [0.1, 0.15) is 27.8 Å². The van der Waals surface area contributed by atoms with Crippen LogP contribution in [0.25, 0.3) is 47.6 Å². The molecule has 1 saturated heterocycles. The Balaban J connectivity index is 0.000000288. The number of carbonyl (C=O) groups is 3. The van der Waals surface area contributed by atoms with Crippen LogP contribution in [-0.4, -0.2) is 97.1 Å². The van der Waals surface area contributed by atoms with Gasteiger partial charge in [-0.15, -0.1) is 0 Å². The van der Waals surface area contributed by atoms with Crippen molar-refractivity contribution in [3.8, 4) is 0 Å². The number of aromatic nitrogens is 6. The molecule has 3 atom stereocenters. The van der Waals surface area contributed by atoms with Gasteiger partial charge in [0.15, 0.2) is 34.4 Å². The molecule has 32 heteroatoms. The van der Waals surface area contributed by atoms with E-state index in [9.17, 15) is 95.6 Å². The summed E-state index contributed by atoms with van der Waals surface area (Å²) in [5.74, 6) is -2.08. The number of benzene rings is 6. The molecule has 1 fully saturated rings. The molecule has 3 aromatic heterocycles. The van der Waals surface area contributed by atoms with Crippen LogP contribution < -0.4 is 0 Å². The molecule has 0 unspecified atom stereocenters. The highest BCUT2D eigenvalue weighted by molar-refractivity contribution is 9.09. The van der Waals surface area contributed by atoms with E-state index < -0.39 is 123 Å². The number of fused-ring (bicyclic) bond motifs is 3. The first kappa shape index (κ1) is 84.9. The summed E-state index contributed by atoms with van der Waals surface area (Å²) in [4.78, 5) is 59.8. The number of nitrogens with zero attached hydrogens (tertiary/aromatic N) is 8. The Hall–Kier alpha value is -9.52. The first-order valence-electron chi connectivity index (χ1n) is 30.0. The van der Waals surface area contributed by atoms with Crippen molar-refractivity contribution in [2.24, 2.45) is 0 Å². The number of para-hydroxylation sites is 3. The molecule has 9 aromatic rings. The summed E-state index contributed by atoms with van der Waals surface area (Å²) >= 11 is 2.96. The molecule has 4 heterocycles. The second kappa shape index (κ2) is 34.9. The molecule has 0 radical (unpaired) electrons. The van der Waals surface area contributed by atoms with Gasteiger partial charge >= 0.3 is 30.9 Å². The number of nitrogens with one attached hydrogen (secondary N) is 1. The van der Waals surface area contributed by atoms with Crippen LogP contribution in [0.5, 0.6) is 0 Å². The summed E-state index contributed by atoms with van der Waals surface area (Å²) in [5.41, 5.74) is -9.66. The first-order valence-corrected chi connectivity index (χ1v) is 31.1. The minimum atomic E-state index is -4.80. The highest BCUT2D eigenvalue weighted by atomic mass is 79.9. The lowest BCUT2D eigenvalue weighted by Gasteiger charge is -2.23. The van der Waals surface area contributed by atoms with Gasteiger partial charge in [-0.25, -0.2) is 29.5 Å². The molecule has 0 saturated carbocycles. The summed E-state index contributed by atoms with van der Waals surface area (Å²) in [6.07, 6.45) is -18.1. The molecule has 1 aliphatic rings. The van der Waals surface area contributed by atoms with Crippen molar-refractivity contribution < 1.29 is 100 Å². The van der Waals surface area contributed by atoms with Crippen LogP contribution in [0.4, 0.5) is 82.9 Å². The van der Waals surface area contributed by atoms with Crippen LogP contribution in [0.2, 0.25) is 0 Å². The molecule has 0 amide bonds. The van der Waals surface area contributed by atoms with Gasteiger partial charge < -0.3 is 34.2 Å². The molecule has 0 bridgehead atoms. The van der Waals surface area contributed by atoms with Crippen molar-refractivity contribution in [3.05, 3.63) is 212 Å². The summed E-state index contributed by atoms with van der Waals surface area (Å²) in [5, 5.41) is 31.1. The van der Waals surface area contributed by atoms with Crippen molar-refractivity contribution in [1.29, 1.82) is 0 Å². The van der Waals surface area contributed by atoms with E-state index in [1.54, 1.807) is 10.6 Å². The highest BCUT2D eigenvalue weighted by Gasteiger charge is 2.40. The zero-order chi connectivity index (χ0) is 75.9. The maximum atomic E-state index is 13.2. The number of carbonyl (C=O) groups excluding carboxylic acids is 3. The zero-order valence-corrected chi connectivity index (χ0v) is 55.9. The zero-order valence-electron chi connectivity index (χ0n) is 54.3. The minimum Gasteiger partial charge on any atom is -0.381 e. The van der Waals surface area contributed by atoms with Gasteiger partial charge in [0.2, 0.25) is 0 Å². The Bertz CT molecular complexity index is 4500. The number of ketones is 3. The normalized spacial score (nSPS) is 14.0. The third kappa shape index (κ3) is 22.5. The van der Waals surface area contributed by atoms with Crippen LogP contribution in [0.3, 0.4) is 0 Å². The van der Waals surface area contributed by atoms with E-state index in [0.29, 0.717) is 11.6 Å². The molecule has 1 aliphatic heterocycles. The number of ether oxygens (including phenoxy) is 1. The largest absolute Gasteiger partial charge is 0.418 e. The number of hydrogen-bond donors (Lipinski definition) is 4. The predicted molar refractivity (Wildman–Crippen MR) is 353 cm³/mol. The van der Waals surface area contributed by atoms with E-state index in [-0.39, 0.29) is 65.4 Å². The molecular formula is C70H67BrF15N9O7. The molecule has 0 aliphatic carbocycles. The summed E-state index contributed by atoms with van der Waals surface area (Å²) in [6, 6.07) is 21.8. The fraction of sp³-hybridized carbons (Fsp3) is 0.357. The van der Waals surface area contributed by atoms with E-state index in [1.165, 1.54) is 74.2 Å². The molecule has 546 valence electrons. The lowest BCUT2D eigenvalue weighted by atomic mass is 9.93. The second-order valence-electron chi connectivity index (χ2n) is 22.9. The smallest absolute Gasteiger partial charge is 0.381 e. The fourth-order valence-corrected chi connectivity index (χ4v) is 9.99. The SMILES string of the molecule is C.C1CCOC1.CC.FC(F)(F)c1cccc2[nH]cnc12.[C-]#[N+]c1ccc(CC(=O)[C@@](C)(O)CBr)cc1C(F)(F)F.[C-]#[N+]c1ccc(CC(=O)[C@@](C)(O)Cn2cnc3c(C(F)(F)F)cccc32)cc1C(F)(F)F.[C-]#[N+]c1ccc(CC(=O)[C@@](C)(O)Cn2cnc3cccc(C)c32)cc1C(F)(F)F. The number of H-pyrrole nitrogens is 1. The van der Waals surface area contributed by atoms with E-state index in [0.717, 1.165) is 91.6 Å². The summed E-state index contributed by atoms with van der Waals surface area (Å²) in [7, 11) is 0. The molecule has 10 rings (SSSR count). The maximum Gasteiger partial charge on any atom is 0.418 e. The van der Waals surface area contributed by atoms with Crippen molar-refractivity contribution in [3.63, 3.8) is 0 Å².